The Kier molecular flexibility index (Phi) is 4.63. The number of nitrogens with zero attached hydrogens (tertiary/aromatic N) is 2. The lowest BCUT2D eigenvalue weighted by Gasteiger charge is -2.36. The number of nitrogens with one attached hydrogen (secondary N) is 1. The van der Waals surface area contributed by atoms with E-state index in [4.69, 9.17) is 0 Å². The van der Waals surface area contributed by atoms with Gasteiger partial charge in [0.25, 0.3) is 5.69 Å². The summed E-state index contributed by atoms with van der Waals surface area (Å²) < 4.78 is 14.3. The minimum Gasteiger partial charge on any atom is -0.369 e. The molecule has 6 nitrogen and oxygen atoms in total. The van der Waals surface area contributed by atoms with Gasteiger partial charge < -0.3 is 10.2 Å². The van der Waals surface area contributed by atoms with Crippen LogP contribution in [0.2, 0.25) is 0 Å². The number of rotatable bonds is 3. The summed E-state index contributed by atoms with van der Waals surface area (Å²) >= 11 is 0. The number of hydrogen-bond donors (Lipinski definition) is 1. The minimum absolute atomic E-state index is 0.0276. The van der Waals surface area contributed by atoms with Gasteiger partial charge in [-0.15, -0.1) is 0 Å². The zero-order valence-electron chi connectivity index (χ0n) is 12.9. The van der Waals surface area contributed by atoms with Crippen LogP contribution in [0.15, 0.2) is 12.1 Å². The number of hydrogen-bond acceptors (Lipinski definition) is 4. The quantitative estimate of drug-likeness (QED) is 0.687. The first-order valence-electron chi connectivity index (χ1n) is 7.28. The summed E-state index contributed by atoms with van der Waals surface area (Å²) in [5, 5.41) is 13.4. The second-order valence-corrected chi connectivity index (χ2v) is 6.11. The van der Waals surface area contributed by atoms with Gasteiger partial charge in [-0.25, -0.2) is 4.39 Å². The lowest BCUT2D eigenvalue weighted by molar-refractivity contribution is -0.384. The molecule has 1 saturated heterocycles. The van der Waals surface area contributed by atoms with E-state index in [1.165, 1.54) is 13.0 Å². The number of carbonyl (C=O) groups is 1. The van der Waals surface area contributed by atoms with E-state index in [1.807, 2.05) is 4.90 Å². The normalized spacial score (nSPS) is 21.5. The smallest absolute Gasteiger partial charge is 0.295 e. The molecule has 2 rings (SSSR count). The Morgan fingerprint density at radius 3 is 2.45 bits per heavy atom. The molecule has 1 fully saturated rings. The lowest BCUT2D eigenvalue weighted by atomic mass is 9.91. The summed E-state index contributed by atoms with van der Waals surface area (Å²) in [4.78, 5) is 23.4. The van der Waals surface area contributed by atoms with E-state index in [2.05, 4.69) is 19.2 Å². The van der Waals surface area contributed by atoms with Crippen LogP contribution in [0.3, 0.4) is 0 Å². The van der Waals surface area contributed by atoms with Crippen LogP contribution in [-0.2, 0) is 4.79 Å². The molecule has 1 aromatic carbocycles. The number of benzene rings is 1. The molecule has 120 valence electrons. The first kappa shape index (κ1) is 16.2. The molecular formula is C15H20FN3O3. The molecule has 1 amide bonds. The van der Waals surface area contributed by atoms with Gasteiger partial charge in [0.05, 0.1) is 16.7 Å². The van der Waals surface area contributed by atoms with Crippen molar-refractivity contribution in [2.45, 2.75) is 27.2 Å². The monoisotopic (exact) mass is 309 g/mol. The van der Waals surface area contributed by atoms with Gasteiger partial charge in [-0.2, -0.15) is 0 Å². The van der Waals surface area contributed by atoms with Crippen LogP contribution < -0.4 is 10.2 Å². The molecule has 7 heteroatoms. The highest BCUT2D eigenvalue weighted by molar-refractivity contribution is 5.92. The predicted octanol–water partition coefficient (Wildman–Crippen LogP) is 3.17. The summed E-state index contributed by atoms with van der Waals surface area (Å²) in [6.45, 7) is 6.84. The molecule has 1 aliphatic heterocycles. The maximum atomic E-state index is 14.3. The average molecular weight is 309 g/mol. The Labute approximate surface area is 128 Å². The Morgan fingerprint density at radius 2 is 1.95 bits per heavy atom. The topological polar surface area (TPSA) is 75.5 Å². The van der Waals surface area contributed by atoms with Gasteiger partial charge in [-0.3, -0.25) is 14.9 Å². The van der Waals surface area contributed by atoms with Crippen molar-refractivity contribution >= 4 is 23.0 Å². The van der Waals surface area contributed by atoms with E-state index < -0.39 is 22.3 Å². The molecule has 2 atom stereocenters. The molecule has 1 heterocycles. The molecule has 1 aromatic rings. The van der Waals surface area contributed by atoms with Crippen molar-refractivity contribution in [2.24, 2.45) is 11.8 Å². The van der Waals surface area contributed by atoms with Crippen LogP contribution in [0.5, 0.6) is 0 Å². The summed E-state index contributed by atoms with van der Waals surface area (Å²) in [6, 6.07) is 2.24. The summed E-state index contributed by atoms with van der Waals surface area (Å²) in [5.41, 5.74) is -0.109. The second-order valence-electron chi connectivity index (χ2n) is 6.11. The fourth-order valence-corrected chi connectivity index (χ4v) is 3.09. The predicted molar refractivity (Wildman–Crippen MR) is 82.5 cm³/mol. The Morgan fingerprint density at radius 1 is 1.36 bits per heavy atom. The summed E-state index contributed by atoms with van der Waals surface area (Å²) in [5.74, 6) is -0.228. The number of piperidine rings is 1. The molecule has 0 aliphatic carbocycles. The van der Waals surface area contributed by atoms with Crippen molar-refractivity contribution in [1.29, 1.82) is 0 Å². The Balaban J connectivity index is 2.43. The van der Waals surface area contributed by atoms with E-state index >= 15 is 0 Å². The molecule has 0 saturated carbocycles. The molecule has 0 spiro atoms. The SMILES string of the molecule is CC(=O)Nc1cc(N2C[C@H](C)C[C@H](C)C2)c(F)cc1[N+](=O)[O-]. The summed E-state index contributed by atoms with van der Waals surface area (Å²) in [7, 11) is 0. The molecular weight excluding hydrogens is 289 g/mol. The highest BCUT2D eigenvalue weighted by Crippen LogP contribution is 2.35. The highest BCUT2D eigenvalue weighted by Gasteiger charge is 2.27. The minimum atomic E-state index is -0.695. The van der Waals surface area contributed by atoms with Gasteiger partial charge in [-0.05, 0) is 24.3 Å². The average Bonchev–Trinajstić information content (AvgIpc) is 2.38. The number of halogens is 1. The first-order chi connectivity index (χ1) is 10.3. The molecule has 1 N–H and O–H groups in total. The summed E-state index contributed by atoms with van der Waals surface area (Å²) in [6.07, 6.45) is 1.07. The number of amides is 1. The maximum Gasteiger partial charge on any atom is 0.295 e. The van der Waals surface area contributed by atoms with Crippen molar-refractivity contribution in [3.63, 3.8) is 0 Å². The van der Waals surface area contributed by atoms with Crippen LogP contribution in [0, 0.1) is 27.8 Å². The second kappa shape index (κ2) is 6.29. The third kappa shape index (κ3) is 3.52. The maximum absolute atomic E-state index is 14.3. The highest BCUT2D eigenvalue weighted by atomic mass is 19.1. The van der Waals surface area contributed by atoms with E-state index in [1.54, 1.807) is 0 Å². The fraction of sp³-hybridized carbons (Fsp3) is 0.533. The van der Waals surface area contributed by atoms with Gasteiger partial charge >= 0.3 is 0 Å². The van der Waals surface area contributed by atoms with Gasteiger partial charge in [0.2, 0.25) is 5.91 Å². The molecule has 1 aliphatic rings. The molecule has 0 aromatic heterocycles. The van der Waals surface area contributed by atoms with Crippen molar-refractivity contribution in [2.75, 3.05) is 23.3 Å². The lowest BCUT2D eigenvalue weighted by Crippen LogP contribution is -2.39. The third-order valence-corrected chi connectivity index (χ3v) is 3.78. The zero-order valence-corrected chi connectivity index (χ0v) is 12.9. The third-order valence-electron chi connectivity index (χ3n) is 3.78. The number of nitro groups is 1. The van der Waals surface area contributed by atoms with E-state index in [0.29, 0.717) is 30.6 Å². The Bertz CT molecular complexity index is 596. The van der Waals surface area contributed by atoms with Crippen LogP contribution in [0.25, 0.3) is 0 Å². The van der Waals surface area contributed by atoms with Gasteiger partial charge in [0.1, 0.15) is 5.69 Å². The standard InChI is InChI=1S/C15H20FN3O3/c1-9-4-10(2)8-18(7-9)14-6-13(17-11(3)20)15(19(21)22)5-12(14)16/h5-6,9-10H,4,7-8H2,1-3H3,(H,17,20)/t9-,10+. The van der Waals surface area contributed by atoms with Crippen LogP contribution in [0.4, 0.5) is 21.5 Å². The first-order valence-corrected chi connectivity index (χ1v) is 7.28. The van der Waals surface area contributed by atoms with Gasteiger partial charge in [-0.1, -0.05) is 13.8 Å². The largest absolute Gasteiger partial charge is 0.369 e. The van der Waals surface area contributed by atoms with Crippen LogP contribution in [0.1, 0.15) is 27.2 Å². The van der Waals surface area contributed by atoms with E-state index in [9.17, 15) is 19.3 Å². The zero-order chi connectivity index (χ0) is 16.4. The van der Waals surface area contributed by atoms with Gasteiger partial charge in [0.15, 0.2) is 5.82 Å². The van der Waals surface area contributed by atoms with Gasteiger partial charge in [0, 0.05) is 20.0 Å². The fourth-order valence-electron chi connectivity index (χ4n) is 3.09. The van der Waals surface area contributed by atoms with Crippen LogP contribution >= 0.6 is 0 Å². The van der Waals surface area contributed by atoms with E-state index in [-0.39, 0.29) is 5.69 Å². The molecule has 22 heavy (non-hydrogen) atoms. The molecule has 0 unspecified atom stereocenters. The molecule has 0 radical (unpaired) electrons. The molecule has 0 bridgehead atoms. The number of carbonyl (C=O) groups excluding carboxylic acids is 1. The van der Waals surface area contributed by atoms with Crippen molar-refractivity contribution in [3.05, 3.63) is 28.1 Å². The van der Waals surface area contributed by atoms with Crippen molar-refractivity contribution in [3.8, 4) is 0 Å². The Hall–Kier alpha value is -2.18. The van der Waals surface area contributed by atoms with Crippen molar-refractivity contribution < 1.29 is 14.1 Å². The van der Waals surface area contributed by atoms with E-state index in [0.717, 1.165) is 12.5 Å². The van der Waals surface area contributed by atoms with Crippen LogP contribution in [-0.4, -0.2) is 23.9 Å². The number of anilines is 2. The number of nitro benzene ring substituents is 1. The van der Waals surface area contributed by atoms with Crippen molar-refractivity contribution in [1.82, 2.24) is 0 Å².